The molecule has 2 aromatic carbocycles. The fraction of sp³-hybridized carbons (Fsp3) is 0.158. The molecule has 26 heavy (non-hydrogen) atoms. The molecule has 0 aliphatic rings. The van der Waals surface area contributed by atoms with Crippen LogP contribution >= 0.6 is 11.6 Å². The minimum Gasteiger partial charge on any atom is -0.449 e. The number of carbonyl (C=O) groups excluding carboxylic acids is 2. The van der Waals surface area contributed by atoms with Gasteiger partial charge in [0.05, 0.1) is 5.69 Å². The summed E-state index contributed by atoms with van der Waals surface area (Å²) in [5.41, 5.74) is 1.06. The maximum Gasteiger partial charge on any atom is 0.375 e. The van der Waals surface area contributed by atoms with Crippen molar-refractivity contribution in [2.75, 3.05) is 5.32 Å². The van der Waals surface area contributed by atoms with E-state index in [4.69, 9.17) is 20.8 Å². The zero-order chi connectivity index (χ0) is 18.8. The number of esters is 1. The normalized spacial score (nSPS) is 12.0. The number of anilines is 1. The third-order valence-corrected chi connectivity index (χ3v) is 4.10. The van der Waals surface area contributed by atoms with E-state index in [2.05, 4.69) is 5.32 Å². The number of hydrogen-bond donors (Lipinski definition) is 1. The summed E-state index contributed by atoms with van der Waals surface area (Å²) in [6, 6.07) is 10.7. The predicted octanol–water partition coefficient (Wildman–Crippen LogP) is 4.72. The van der Waals surface area contributed by atoms with Crippen molar-refractivity contribution < 1.29 is 23.1 Å². The molecule has 0 saturated carbocycles. The van der Waals surface area contributed by atoms with Crippen LogP contribution in [0, 0.1) is 12.7 Å². The van der Waals surface area contributed by atoms with Gasteiger partial charge in [0.25, 0.3) is 5.91 Å². The SMILES string of the molecule is Cc1c(C(=O)OC(C)C(=O)Nc2ccccc2F)oc2ccc(Cl)cc12. The number of carbonyl (C=O) groups is 2. The van der Waals surface area contributed by atoms with Gasteiger partial charge in [0.2, 0.25) is 5.76 Å². The van der Waals surface area contributed by atoms with Crippen LogP contribution in [-0.4, -0.2) is 18.0 Å². The van der Waals surface area contributed by atoms with Gasteiger partial charge in [-0.05, 0) is 44.2 Å². The second kappa shape index (κ2) is 7.17. The number of ether oxygens (including phenoxy) is 1. The van der Waals surface area contributed by atoms with Crippen molar-refractivity contribution in [3.8, 4) is 0 Å². The molecule has 0 fully saturated rings. The molecule has 1 unspecified atom stereocenters. The van der Waals surface area contributed by atoms with Gasteiger partial charge in [-0.15, -0.1) is 0 Å². The maximum atomic E-state index is 13.6. The minimum absolute atomic E-state index is 0.00666. The lowest BCUT2D eigenvalue weighted by molar-refractivity contribution is -0.123. The largest absolute Gasteiger partial charge is 0.449 e. The first-order valence-corrected chi connectivity index (χ1v) is 8.19. The van der Waals surface area contributed by atoms with Crippen molar-refractivity contribution >= 4 is 40.1 Å². The van der Waals surface area contributed by atoms with Gasteiger partial charge >= 0.3 is 5.97 Å². The average Bonchev–Trinajstić information content (AvgIpc) is 2.93. The standard InChI is InChI=1S/C19H15ClFNO4/c1-10-13-9-12(20)7-8-16(13)26-17(10)19(24)25-11(2)18(23)22-15-6-4-3-5-14(15)21/h3-9,11H,1-2H3,(H,22,23). The molecule has 1 N–H and O–H groups in total. The van der Waals surface area contributed by atoms with Gasteiger partial charge in [0.15, 0.2) is 6.10 Å². The lowest BCUT2D eigenvalue weighted by atomic mass is 10.1. The Labute approximate surface area is 153 Å². The van der Waals surface area contributed by atoms with Crippen molar-refractivity contribution in [1.29, 1.82) is 0 Å². The van der Waals surface area contributed by atoms with Crippen molar-refractivity contribution in [3.05, 3.63) is 64.6 Å². The topological polar surface area (TPSA) is 68.5 Å². The Bertz CT molecular complexity index is 998. The quantitative estimate of drug-likeness (QED) is 0.670. The summed E-state index contributed by atoms with van der Waals surface area (Å²) >= 11 is 5.95. The van der Waals surface area contributed by atoms with Gasteiger partial charge in [-0.25, -0.2) is 9.18 Å². The van der Waals surface area contributed by atoms with E-state index >= 15 is 0 Å². The van der Waals surface area contributed by atoms with Crippen LogP contribution in [0.1, 0.15) is 23.0 Å². The smallest absolute Gasteiger partial charge is 0.375 e. The van der Waals surface area contributed by atoms with E-state index in [-0.39, 0.29) is 11.4 Å². The van der Waals surface area contributed by atoms with E-state index in [0.717, 1.165) is 0 Å². The van der Waals surface area contributed by atoms with Gasteiger partial charge in [-0.1, -0.05) is 23.7 Å². The molecule has 7 heteroatoms. The number of furan rings is 1. The molecule has 1 heterocycles. The maximum absolute atomic E-state index is 13.6. The third-order valence-electron chi connectivity index (χ3n) is 3.87. The Hall–Kier alpha value is -2.86. The Morgan fingerprint density at radius 2 is 1.96 bits per heavy atom. The molecule has 5 nitrogen and oxygen atoms in total. The molecule has 3 rings (SSSR count). The number of hydrogen-bond acceptors (Lipinski definition) is 4. The number of amides is 1. The highest BCUT2D eigenvalue weighted by molar-refractivity contribution is 6.31. The van der Waals surface area contributed by atoms with E-state index in [0.29, 0.717) is 21.6 Å². The summed E-state index contributed by atoms with van der Waals surface area (Å²) < 4.78 is 24.3. The summed E-state index contributed by atoms with van der Waals surface area (Å²) in [4.78, 5) is 24.5. The number of rotatable bonds is 4. The first-order chi connectivity index (χ1) is 12.4. The summed E-state index contributed by atoms with van der Waals surface area (Å²) in [5.74, 6) is -2.02. The second-order valence-electron chi connectivity index (χ2n) is 5.71. The highest BCUT2D eigenvalue weighted by atomic mass is 35.5. The molecule has 134 valence electrons. The van der Waals surface area contributed by atoms with Gasteiger partial charge in [-0.2, -0.15) is 0 Å². The average molecular weight is 376 g/mol. The molecule has 0 aliphatic heterocycles. The molecule has 3 aromatic rings. The van der Waals surface area contributed by atoms with Gasteiger partial charge < -0.3 is 14.5 Å². The van der Waals surface area contributed by atoms with Crippen LogP contribution in [0.25, 0.3) is 11.0 Å². The molecule has 1 atom stereocenters. The van der Waals surface area contributed by atoms with Gasteiger partial charge in [-0.3, -0.25) is 4.79 Å². The molecule has 0 bridgehead atoms. The number of fused-ring (bicyclic) bond motifs is 1. The van der Waals surface area contributed by atoms with Crippen molar-refractivity contribution in [2.45, 2.75) is 20.0 Å². The first-order valence-electron chi connectivity index (χ1n) is 7.82. The fourth-order valence-electron chi connectivity index (χ4n) is 2.45. The van der Waals surface area contributed by atoms with Crippen LogP contribution in [0.15, 0.2) is 46.9 Å². The summed E-state index contributed by atoms with van der Waals surface area (Å²) in [5, 5.41) is 3.58. The highest BCUT2D eigenvalue weighted by Gasteiger charge is 2.24. The zero-order valence-corrected chi connectivity index (χ0v) is 14.8. The van der Waals surface area contributed by atoms with Crippen molar-refractivity contribution in [3.63, 3.8) is 0 Å². The summed E-state index contributed by atoms with van der Waals surface area (Å²) in [6.45, 7) is 3.09. The van der Waals surface area contributed by atoms with Crippen LogP contribution in [0.2, 0.25) is 5.02 Å². The second-order valence-corrected chi connectivity index (χ2v) is 6.15. The van der Waals surface area contributed by atoms with Gasteiger partial charge in [0.1, 0.15) is 11.4 Å². The van der Waals surface area contributed by atoms with Crippen molar-refractivity contribution in [2.24, 2.45) is 0 Å². The Morgan fingerprint density at radius 3 is 2.69 bits per heavy atom. The number of benzene rings is 2. The Balaban J connectivity index is 1.74. The third kappa shape index (κ3) is 3.55. The monoisotopic (exact) mass is 375 g/mol. The van der Waals surface area contributed by atoms with E-state index in [1.807, 2.05) is 0 Å². The number of nitrogens with one attached hydrogen (secondary N) is 1. The number of aryl methyl sites for hydroxylation is 1. The van der Waals surface area contributed by atoms with Crippen LogP contribution < -0.4 is 5.32 Å². The molecule has 1 aromatic heterocycles. The van der Waals surface area contributed by atoms with Crippen molar-refractivity contribution in [1.82, 2.24) is 0 Å². The molecule has 0 spiro atoms. The van der Waals surface area contributed by atoms with Crippen LogP contribution in [-0.2, 0) is 9.53 Å². The van der Waals surface area contributed by atoms with E-state index in [1.54, 1.807) is 31.2 Å². The molecule has 0 aliphatic carbocycles. The Morgan fingerprint density at radius 1 is 1.23 bits per heavy atom. The first kappa shape index (κ1) is 17.9. The lowest BCUT2D eigenvalue weighted by Crippen LogP contribution is -2.30. The van der Waals surface area contributed by atoms with E-state index in [1.165, 1.54) is 25.1 Å². The summed E-state index contributed by atoms with van der Waals surface area (Å²) in [7, 11) is 0. The van der Waals surface area contributed by atoms with Crippen LogP contribution in [0.3, 0.4) is 0 Å². The highest BCUT2D eigenvalue weighted by Crippen LogP contribution is 2.28. The summed E-state index contributed by atoms with van der Waals surface area (Å²) in [6.07, 6.45) is -1.14. The number of para-hydroxylation sites is 1. The molecular formula is C19H15ClFNO4. The molecule has 0 saturated heterocycles. The van der Waals surface area contributed by atoms with E-state index in [9.17, 15) is 14.0 Å². The predicted molar refractivity (Wildman–Crippen MR) is 95.9 cm³/mol. The minimum atomic E-state index is -1.14. The molecular weight excluding hydrogens is 361 g/mol. The number of halogens is 2. The van der Waals surface area contributed by atoms with E-state index < -0.39 is 23.8 Å². The van der Waals surface area contributed by atoms with Gasteiger partial charge in [0, 0.05) is 16.0 Å². The zero-order valence-electron chi connectivity index (χ0n) is 14.0. The Kier molecular flexibility index (Phi) is 4.95. The fourth-order valence-corrected chi connectivity index (χ4v) is 2.62. The molecule has 0 radical (unpaired) electrons. The van der Waals surface area contributed by atoms with Crippen LogP contribution in [0.5, 0.6) is 0 Å². The molecule has 1 amide bonds. The lowest BCUT2D eigenvalue weighted by Gasteiger charge is -2.13. The van der Waals surface area contributed by atoms with Crippen LogP contribution in [0.4, 0.5) is 10.1 Å².